The van der Waals surface area contributed by atoms with Crippen molar-refractivity contribution in [2.75, 3.05) is 18.9 Å². The summed E-state index contributed by atoms with van der Waals surface area (Å²) >= 11 is 0. The number of benzene rings is 1. The maximum atomic E-state index is 12.2. The first kappa shape index (κ1) is 13.3. The molecule has 6 heteroatoms. The highest BCUT2D eigenvalue weighted by molar-refractivity contribution is 7.88. The van der Waals surface area contributed by atoms with Gasteiger partial charge in [0.05, 0.1) is 12.4 Å². The number of rotatable bonds is 4. The molecule has 0 aliphatic carbocycles. The highest BCUT2D eigenvalue weighted by Crippen LogP contribution is 2.23. The lowest BCUT2D eigenvalue weighted by atomic mass is 10.2. The average Bonchev–Trinajstić information content (AvgIpc) is 2.81. The number of hydrogen-bond acceptors (Lipinski definition) is 4. The maximum absolute atomic E-state index is 12.2. The minimum Gasteiger partial charge on any atom is -0.399 e. The zero-order valence-corrected chi connectivity index (χ0v) is 10.9. The van der Waals surface area contributed by atoms with Gasteiger partial charge in [-0.15, -0.1) is 0 Å². The Bertz CT molecular complexity index is 499. The van der Waals surface area contributed by atoms with E-state index in [9.17, 15) is 13.5 Å². The summed E-state index contributed by atoms with van der Waals surface area (Å²) in [7, 11) is -3.35. The molecule has 1 aromatic carbocycles. The summed E-state index contributed by atoms with van der Waals surface area (Å²) in [6.07, 6.45) is 1.55. The van der Waals surface area contributed by atoms with Gasteiger partial charge in [0.15, 0.2) is 0 Å². The molecule has 0 spiro atoms. The van der Waals surface area contributed by atoms with Crippen LogP contribution in [0.15, 0.2) is 24.3 Å². The van der Waals surface area contributed by atoms with Crippen molar-refractivity contribution < 1.29 is 13.5 Å². The lowest BCUT2D eigenvalue weighted by Gasteiger charge is -2.22. The first-order valence-electron chi connectivity index (χ1n) is 5.98. The van der Waals surface area contributed by atoms with E-state index in [0.29, 0.717) is 17.8 Å². The van der Waals surface area contributed by atoms with Crippen molar-refractivity contribution in [1.29, 1.82) is 0 Å². The molecular formula is C12H18N2O3S. The Hall–Kier alpha value is -1.11. The van der Waals surface area contributed by atoms with Gasteiger partial charge in [-0.25, -0.2) is 8.42 Å². The van der Waals surface area contributed by atoms with Crippen LogP contribution in [0.1, 0.15) is 18.4 Å². The predicted molar refractivity (Wildman–Crippen MR) is 70.3 cm³/mol. The molecule has 0 amide bonds. The van der Waals surface area contributed by atoms with Gasteiger partial charge >= 0.3 is 0 Å². The first-order chi connectivity index (χ1) is 8.53. The number of aliphatic hydroxyl groups is 1. The summed E-state index contributed by atoms with van der Waals surface area (Å²) in [4.78, 5) is 0. The SMILES string of the molecule is Nc1ccc(CS(=O)(=O)N2CCC[C@@H]2CO)cc1. The number of sulfonamides is 1. The highest BCUT2D eigenvalue weighted by atomic mass is 32.2. The quantitative estimate of drug-likeness (QED) is 0.783. The molecule has 18 heavy (non-hydrogen) atoms. The second-order valence-electron chi connectivity index (χ2n) is 4.59. The van der Waals surface area contributed by atoms with Gasteiger partial charge in [0.1, 0.15) is 0 Å². The summed E-state index contributed by atoms with van der Waals surface area (Å²) < 4.78 is 25.9. The number of nitrogen functional groups attached to an aromatic ring is 1. The number of anilines is 1. The molecule has 0 bridgehead atoms. The molecule has 3 N–H and O–H groups in total. The van der Waals surface area contributed by atoms with Gasteiger partial charge < -0.3 is 10.8 Å². The van der Waals surface area contributed by atoms with E-state index in [4.69, 9.17) is 5.73 Å². The van der Waals surface area contributed by atoms with Crippen LogP contribution in [0.5, 0.6) is 0 Å². The zero-order valence-electron chi connectivity index (χ0n) is 10.1. The van der Waals surface area contributed by atoms with E-state index in [2.05, 4.69) is 0 Å². The second kappa shape index (κ2) is 5.26. The first-order valence-corrected chi connectivity index (χ1v) is 7.58. The van der Waals surface area contributed by atoms with Gasteiger partial charge in [-0.05, 0) is 30.5 Å². The predicted octanol–water partition coefficient (Wildman–Crippen LogP) is 0.555. The standard InChI is InChI=1S/C12H18N2O3S/c13-11-5-3-10(4-6-11)9-18(16,17)14-7-1-2-12(14)8-15/h3-6,12,15H,1-2,7-9,13H2/t12-/m1/s1. The van der Waals surface area contributed by atoms with Crippen LogP contribution >= 0.6 is 0 Å². The van der Waals surface area contributed by atoms with Gasteiger partial charge in [-0.3, -0.25) is 0 Å². The minimum atomic E-state index is -3.35. The van der Waals surface area contributed by atoms with E-state index in [1.165, 1.54) is 4.31 Å². The topological polar surface area (TPSA) is 83.6 Å². The van der Waals surface area contributed by atoms with Gasteiger partial charge in [0.25, 0.3) is 0 Å². The van der Waals surface area contributed by atoms with E-state index in [0.717, 1.165) is 12.8 Å². The van der Waals surface area contributed by atoms with Crippen molar-refractivity contribution in [2.45, 2.75) is 24.6 Å². The molecular weight excluding hydrogens is 252 g/mol. The van der Waals surface area contributed by atoms with Crippen molar-refractivity contribution in [3.05, 3.63) is 29.8 Å². The second-order valence-corrected chi connectivity index (χ2v) is 6.51. The lowest BCUT2D eigenvalue weighted by molar-refractivity contribution is 0.213. The Labute approximate surface area is 107 Å². The maximum Gasteiger partial charge on any atom is 0.218 e. The van der Waals surface area contributed by atoms with Crippen molar-refractivity contribution in [2.24, 2.45) is 0 Å². The van der Waals surface area contributed by atoms with E-state index >= 15 is 0 Å². The van der Waals surface area contributed by atoms with Crippen LogP contribution < -0.4 is 5.73 Å². The van der Waals surface area contributed by atoms with Gasteiger partial charge in [0.2, 0.25) is 10.0 Å². The van der Waals surface area contributed by atoms with E-state index in [1.807, 2.05) is 0 Å². The molecule has 1 aliphatic heterocycles. The largest absolute Gasteiger partial charge is 0.399 e. The molecule has 100 valence electrons. The fourth-order valence-electron chi connectivity index (χ4n) is 2.27. The van der Waals surface area contributed by atoms with Crippen LogP contribution in [0, 0.1) is 0 Å². The van der Waals surface area contributed by atoms with E-state index in [1.54, 1.807) is 24.3 Å². The zero-order chi connectivity index (χ0) is 13.2. The van der Waals surface area contributed by atoms with Gasteiger partial charge in [-0.1, -0.05) is 12.1 Å². The molecule has 0 radical (unpaired) electrons. The van der Waals surface area contributed by atoms with E-state index in [-0.39, 0.29) is 18.4 Å². The highest BCUT2D eigenvalue weighted by Gasteiger charge is 2.33. The molecule has 1 heterocycles. The van der Waals surface area contributed by atoms with Gasteiger partial charge in [-0.2, -0.15) is 4.31 Å². The molecule has 1 saturated heterocycles. The summed E-state index contributed by atoms with van der Waals surface area (Å²) in [6.45, 7) is 0.392. The Kier molecular flexibility index (Phi) is 3.89. The van der Waals surface area contributed by atoms with Crippen molar-refractivity contribution in [3.8, 4) is 0 Å². The summed E-state index contributed by atoms with van der Waals surface area (Å²) in [5.74, 6) is -0.0379. The van der Waals surface area contributed by atoms with Crippen LogP contribution in [0.25, 0.3) is 0 Å². The molecule has 0 unspecified atom stereocenters. The Morgan fingerprint density at radius 2 is 2.00 bits per heavy atom. The Morgan fingerprint density at radius 1 is 1.33 bits per heavy atom. The fourth-order valence-corrected chi connectivity index (χ4v) is 4.08. The third kappa shape index (κ3) is 2.82. The molecule has 1 atom stereocenters. The fraction of sp³-hybridized carbons (Fsp3) is 0.500. The Balaban J connectivity index is 2.14. The molecule has 1 aliphatic rings. The normalized spacial score (nSPS) is 21.3. The van der Waals surface area contributed by atoms with Crippen LogP contribution in [0.2, 0.25) is 0 Å². The molecule has 5 nitrogen and oxygen atoms in total. The monoisotopic (exact) mass is 270 g/mol. The van der Waals surface area contributed by atoms with Crippen molar-refractivity contribution in [1.82, 2.24) is 4.31 Å². The number of hydrogen-bond donors (Lipinski definition) is 2. The Morgan fingerprint density at radius 3 is 2.61 bits per heavy atom. The smallest absolute Gasteiger partial charge is 0.218 e. The number of nitrogens with two attached hydrogens (primary N) is 1. The molecule has 0 saturated carbocycles. The molecule has 2 rings (SSSR count). The number of aliphatic hydroxyl groups excluding tert-OH is 1. The molecule has 1 fully saturated rings. The minimum absolute atomic E-state index is 0.0379. The van der Waals surface area contributed by atoms with Crippen molar-refractivity contribution >= 4 is 15.7 Å². The lowest BCUT2D eigenvalue weighted by Crippen LogP contribution is -2.38. The summed E-state index contributed by atoms with van der Waals surface area (Å²) in [5.41, 5.74) is 6.90. The number of nitrogens with zero attached hydrogens (tertiary/aromatic N) is 1. The van der Waals surface area contributed by atoms with E-state index < -0.39 is 10.0 Å². The van der Waals surface area contributed by atoms with Crippen LogP contribution in [-0.2, 0) is 15.8 Å². The average molecular weight is 270 g/mol. The summed E-state index contributed by atoms with van der Waals surface area (Å²) in [6, 6.07) is 6.56. The third-order valence-corrected chi connectivity index (χ3v) is 5.11. The third-order valence-electron chi connectivity index (χ3n) is 3.22. The van der Waals surface area contributed by atoms with Gasteiger partial charge in [0, 0.05) is 18.3 Å². The van der Waals surface area contributed by atoms with Crippen molar-refractivity contribution in [3.63, 3.8) is 0 Å². The molecule has 0 aromatic heterocycles. The molecule has 1 aromatic rings. The van der Waals surface area contributed by atoms with Crippen LogP contribution in [0.3, 0.4) is 0 Å². The summed E-state index contributed by atoms with van der Waals surface area (Å²) in [5, 5.41) is 9.18. The van der Waals surface area contributed by atoms with Crippen LogP contribution in [0.4, 0.5) is 5.69 Å². The van der Waals surface area contributed by atoms with Crippen LogP contribution in [-0.4, -0.2) is 37.0 Å².